The van der Waals surface area contributed by atoms with Crippen molar-refractivity contribution >= 4 is 23.6 Å². The summed E-state index contributed by atoms with van der Waals surface area (Å²) in [4.78, 5) is 31.4. The van der Waals surface area contributed by atoms with Gasteiger partial charge in [0.15, 0.2) is 0 Å². The van der Waals surface area contributed by atoms with Crippen molar-refractivity contribution in [3.8, 4) is 0 Å². The van der Waals surface area contributed by atoms with Gasteiger partial charge in [0.05, 0.1) is 5.92 Å². The Bertz CT molecular complexity index is 771. The van der Waals surface area contributed by atoms with Crippen molar-refractivity contribution in [3.05, 3.63) is 36.7 Å². The van der Waals surface area contributed by atoms with Crippen LogP contribution < -0.4 is 14.7 Å². The summed E-state index contributed by atoms with van der Waals surface area (Å²) in [5.74, 6) is 1.71. The number of nitrogens with zero attached hydrogens (tertiary/aromatic N) is 6. The second kappa shape index (κ2) is 7.77. The Kier molecular flexibility index (Phi) is 5.04. The minimum Gasteiger partial charge on any atom is -0.481 e. The van der Waals surface area contributed by atoms with Crippen LogP contribution in [0.1, 0.15) is 12.8 Å². The van der Waals surface area contributed by atoms with Gasteiger partial charge in [-0.05, 0) is 31.0 Å². The van der Waals surface area contributed by atoms with E-state index >= 15 is 0 Å². The smallest absolute Gasteiger partial charge is 0.306 e. The summed E-state index contributed by atoms with van der Waals surface area (Å²) in [6, 6.07) is 7.88. The first kappa shape index (κ1) is 17.5. The minimum atomic E-state index is -0.691. The molecule has 4 heterocycles. The molecule has 0 aliphatic carbocycles. The van der Waals surface area contributed by atoms with Crippen LogP contribution in [0.3, 0.4) is 0 Å². The lowest BCUT2D eigenvalue weighted by Crippen LogP contribution is -2.47. The lowest BCUT2D eigenvalue weighted by atomic mass is 9.97. The Morgan fingerprint density at radius 3 is 2.22 bits per heavy atom. The third-order valence-electron chi connectivity index (χ3n) is 5.33. The minimum absolute atomic E-state index is 0.234. The molecule has 2 aromatic rings. The summed E-state index contributed by atoms with van der Waals surface area (Å²) in [5, 5.41) is 9.15. The lowest BCUT2D eigenvalue weighted by molar-refractivity contribution is -0.142. The fraction of sp³-hybridized carbons (Fsp3) is 0.474. The fourth-order valence-corrected chi connectivity index (χ4v) is 3.70. The number of rotatable bonds is 4. The number of aromatic nitrogens is 3. The zero-order chi connectivity index (χ0) is 18.6. The molecule has 8 nitrogen and oxygen atoms in total. The van der Waals surface area contributed by atoms with Crippen LogP contribution in [0.4, 0.5) is 17.6 Å². The number of piperidine rings is 1. The van der Waals surface area contributed by atoms with Crippen molar-refractivity contribution in [2.75, 3.05) is 54.0 Å². The molecule has 2 fully saturated rings. The summed E-state index contributed by atoms with van der Waals surface area (Å²) < 4.78 is 0. The van der Waals surface area contributed by atoms with Gasteiger partial charge < -0.3 is 19.8 Å². The van der Waals surface area contributed by atoms with Crippen LogP contribution in [0.2, 0.25) is 0 Å². The zero-order valence-corrected chi connectivity index (χ0v) is 15.2. The van der Waals surface area contributed by atoms with Gasteiger partial charge in [0, 0.05) is 51.7 Å². The standard InChI is InChI=1S/C19H24N6O2/c26-18(27)15-5-9-23(10-6-15)17-4-8-21-19(22-17)25-13-11-24(12-14-25)16-3-1-2-7-20-16/h1-4,7-8,15H,5-6,9-14H2,(H,26,27). The van der Waals surface area contributed by atoms with Gasteiger partial charge in [-0.2, -0.15) is 4.98 Å². The number of aliphatic carboxylic acids is 1. The summed E-state index contributed by atoms with van der Waals surface area (Å²) in [7, 11) is 0. The van der Waals surface area contributed by atoms with E-state index in [2.05, 4.69) is 24.7 Å². The summed E-state index contributed by atoms with van der Waals surface area (Å²) >= 11 is 0. The zero-order valence-electron chi connectivity index (χ0n) is 15.2. The second-order valence-corrected chi connectivity index (χ2v) is 6.98. The van der Waals surface area contributed by atoms with Crippen LogP contribution in [0.15, 0.2) is 36.7 Å². The van der Waals surface area contributed by atoms with Crippen LogP contribution in [0, 0.1) is 5.92 Å². The highest BCUT2D eigenvalue weighted by Gasteiger charge is 2.26. The molecular weight excluding hydrogens is 344 g/mol. The van der Waals surface area contributed by atoms with Crippen molar-refractivity contribution in [1.29, 1.82) is 0 Å². The number of carboxylic acid groups (broad SMARTS) is 1. The molecule has 0 radical (unpaired) electrons. The van der Waals surface area contributed by atoms with Gasteiger partial charge in [-0.25, -0.2) is 9.97 Å². The Hall–Kier alpha value is -2.90. The van der Waals surface area contributed by atoms with Gasteiger partial charge >= 0.3 is 5.97 Å². The van der Waals surface area contributed by atoms with Gasteiger partial charge in [0.25, 0.3) is 0 Å². The van der Waals surface area contributed by atoms with Gasteiger partial charge in [0.1, 0.15) is 11.6 Å². The first-order chi connectivity index (χ1) is 13.2. The third-order valence-corrected chi connectivity index (χ3v) is 5.33. The lowest BCUT2D eigenvalue weighted by Gasteiger charge is -2.36. The number of piperazine rings is 1. The highest BCUT2D eigenvalue weighted by molar-refractivity contribution is 5.70. The van der Waals surface area contributed by atoms with Gasteiger partial charge in [-0.3, -0.25) is 4.79 Å². The van der Waals surface area contributed by atoms with Crippen molar-refractivity contribution in [2.45, 2.75) is 12.8 Å². The number of carboxylic acids is 1. The number of pyridine rings is 1. The van der Waals surface area contributed by atoms with E-state index in [1.54, 1.807) is 6.20 Å². The van der Waals surface area contributed by atoms with Gasteiger partial charge in [0.2, 0.25) is 5.95 Å². The third kappa shape index (κ3) is 3.94. The van der Waals surface area contributed by atoms with Crippen molar-refractivity contribution in [2.24, 2.45) is 5.92 Å². The molecule has 4 rings (SSSR count). The van der Waals surface area contributed by atoms with Gasteiger partial charge in [-0.1, -0.05) is 6.07 Å². The first-order valence-electron chi connectivity index (χ1n) is 9.42. The topological polar surface area (TPSA) is 85.7 Å². The monoisotopic (exact) mass is 368 g/mol. The summed E-state index contributed by atoms with van der Waals surface area (Å²) in [5.41, 5.74) is 0. The molecule has 0 bridgehead atoms. The molecule has 0 atom stereocenters. The molecule has 0 unspecified atom stereocenters. The molecular formula is C19H24N6O2. The van der Waals surface area contributed by atoms with E-state index in [9.17, 15) is 4.79 Å². The van der Waals surface area contributed by atoms with E-state index in [-0.39, 0.29) is 5.92 Å². The van der Waals surface area contributed by atoms with Crippen LogP contribution in [0.5, 0.6) is 0 Å². The molecule has 2 aromatic heterocycles. The highest BCUT2D eigenvalue weighted by Crippen LogP contribution is 2.23. The predicted octanol–water partition coefficient (Wildman–Crippen LogP) is 1.50. The molecule has 2 saturated heterocycles. The van der Waals surface area contributed by atoms with E-state index < -0.39 is 5.97 Å². The Morgan fingerprint density at radius 1 is 0.852 bits per heavy atom. The second-order valence-electron chi connectivity index (χ2n) is 6.98. The normalized spacial score (nSPS) is 18.6. The quantitative estimate of drug-likeness (QED) is 0.869. The van der Waals surface area contributed by atoms with E-state index in [0.717, 1.165) is 56.9 Å². The maximum Gasteiger partial charge on any atom is 0.306 e. The first-order valence-corrected chi connectivity index (χ1v) is 9.42. The highest BCUT2D eigenvalue weighted by atomic mass is 16.4. The molecule has 2 aliphatic rings. The van der Waals surface area contributed by atoms with E-state index in [1.165, 1.54) is 0 Å². The molecule has 0 saturated carbocycles. The van der Waals surface area contributed by atoms with E-state index in [1.807, 2.05) is 30.5 Å². The van der Waals surface area contributed by atoms with Crippen LogP contribution >= 0.6 is 0 Å². The molecule has 27 heavy (non-hydrogen) atoms. The fourth-order valence-electron chi connectivity index (χ4n) is 3.70. The SMILES string of the molecule is O=C(O)C1CCN(c2ccnc(N3CCN(c4ccccn4)CC3)n2)CC1. The van der Waals surface area contributed by atoms with Gasteiger partial charge in [-0.15, -0.1) is 0 Å². The Morgan fingerprint density at radius 2 is 1.56 bits per heavy atom. The molecule has 0 aromatic carbocycles. The molecule has 2 aliphatic heterocycles. The molecule has 0 amide bonds. The maximum absolute atomic E-state index is 11.1. The molecule has 8 heteroatoms. The van der Waals surface area contributed by atoms with Crippen LogP contribution in [0.25, 0.3) is 0 Å². The number of hydrogen-bond donors (Lipinski definition) is 1. The Labute approximate surface area is 158 Å². The largest absolute Gasteiger partial charge is 0.481 e. The van der Waals surface area contributed by atoms with Crippen LogP contribution in [-0.4, -0.2) is 65.3 Å². The summed E-state index contributed by atoms with van der Waals surface area (Å²) in [6.45, 7) is 4.91. The van der Waals surface area contributed by atoms with Crippen molar-refractivity contribution in [3.63, 3.8) is 0 Å². The average Bonchev–Trinajstić information content (AvgIpc) is 2.75. The van der Waals surface area contributed by atoms with Crippen LogP contribution in [-0.2, 0) is 4.79 Å². The Balaban J connectivity index is 1.38. The van der Waals surface area contributed by atoms with Crippen molar-refractivity contribution < 1.29 is 9.90 Å². The molecule has 0 spiro atoms. The van der Waals surface area contributed by atoms with E-state index in [0.29, 0.717) is 12.8 Å². The summed E-state index contributed by atoms with van der Waals surface area (Å²) in [6.07, 6.45) is 4.95. The maximum atomic E-state index is 11.1. The molecule has 1 N–H and O–H groups in total. The van der Waals surface area contributed by atoms with Crippen molar-refractivity contribution in [1.82, 2.24) is 15.0 Å². The number of carbonyl (C=O) groups is 1. The van der Waals surface area contributed by atoms with E-state index in [4.69, 9.17) is 10.1 Å². The molecule has 142 valence electrons. The number of anilines is 3. The average molecular weight is 368 g/mol. The predicted molar refractivity (Wildman–Crippen MR) is 103 cm³/mol. The number of hydrogen-bond acceptors (Lipinski definition) is 7.